The average Bonchev–Trinajstić information content (AvgIpc) is 2.31. The first-order valence-corrected chi connectivity index (χ1v) is 8.56. The van der Waals surface area contributed by atoms with Crippen LogP contribution >= 0.6 is 34.8 Å². The molecule has 0 unspecified atom stereocenters. The van der Waals surface area contributed by atoms with Crippen molar-refractivity contribution in [2.24, 2.45) is 0 Å². The first-order chi connectivity index (χ1) is 9.69. The molecule has 21 heavy (non-hydrogen) atoms. The minimum atomic E-state index is -3.74. The molecule has 1 N–H and O–H groups in total. The van der Waals surface area contributed by atoms with E-state index in [1.165, 1.54) is 24.3 Å². The van der Waals surface area contributed by atoms with Gasteiger partial charge in [0.2, 0.25) is 0 Å². The fourth-order valence-electron chi connectivity index (χ4n) is 1.87. The highest BCUT2D eigenvalue weighted by molar-refractivity contribution is 7.92. The molecule has 0 fully saturated rings. The SMILES string of the molecule is Cc1cc(S(=O)(=O)Nc2cc(Cl)cc(Cl)c2)c(C)cc1Cl. The molecule has 0 atom stereocenters. The molecular weight excluding hydrogens is 353 g/mol. The molecule has 0 spiro atoms. The Morgan fingerprint density at radius 3 is 2.00 bits per heavy atom. The minimum Gasteiger partial charge on any atom is -0.280 e. The number of halogens is 3. The van der Waals surface area contributed by atoms with Crippen LogP contribution in [0.3, 0.4) is 0 Å². The highest BCUT2D eigenvalue weighted by Crippen LogP contribution is 2.28. The molecule has 0 aromatic heterocycles. The van der Waals surface area contributed by atoms with Gasteiger partial charge in [-0.1, -0.05) is 34.8 Å². The number of benzene rings is 2. The van der Waals surface area contributed by atoms with Gasteiger partial charge in [-0.25, -0.2) is 8.42 Å². The third-order valence-corrected chi connectivity index (χ3v) is 5.23. The molecule has 0 aliphatic heterocycles. The summed E-state index contributed by atoms with van der Waals surface area (Å²) in [5.41, 5.74) is 1.55. The molecule has 112 valence electrons. The number of hydrogen-bond donors (Lipinski definition) is 1. The van der Waals surface area contributed by atoms with E-state index in [1.807, 2.05) is 0 Å². The Morgan fingerprint density at radius 1 is 0.857 bits per heavy atom. The lowest BCUT2D eigenvalue weighted by Gasteiger charge is -2.12. The van der Waals surface area contributed by atoms with Crippen molar-refractivity contribution in [1.29, 1.82) is 0 Å². The van der Waals surface area contributed by atoms with Crippen LogP contribution in [0.2, 0.25) is 15.1 Å². The summed E-state index contributed by atoms with van der Waals surface area (Å²) in [6.45, 7) is 3.43. The van der Waals surface area contributed by atoms with E-state index >= 15 is 0 Å². The molecule has 3 nitrogen and oxygen atoms in total. The quantitative estimate of drug-likeness (QED) is 0.827. The van der Waals surface area contributed by atoms with Gasteiger partial charge in [0, 0.05) is 15.1 Å². The second-order valence-corrected chi connectivity index (χ2v) is 7.56. The van der Waals surface area contributed by atoms with E-state index in [0.29, 0.717) is 31.9 Å². The van der Waals surface area contributed by atoms with Gasteiger partial charge in [-0.05, 0) is 55.3 Å². The highest BCUT2D eigenvalue weighted by Gasteiger charge is 2.18. The number of anilines is 1. The van der Waals surface area contributed by atoms with E-state index in [0.717, 1.165) is 0 Å². The molecule has 2 rings (SSSR count). The number of rotatable bonds is 3. The van der Waals surface area contributed by atoms with E-state index in [1.54, 1.807) is 19.9 Å². The Bertz CT molecular complexity index is 784. The summed E-state index contributed by atoms with van der Waals surface area (Å²) in [7, 11) is -3.74. The maximum absolute atomic E-state index is 12.5. The van der Waals surface area contributed by atoms with Gasteiger partial charge in [0.1, 0.15) is 0 Å². The summed E-state index contributed by atoms with van der Waals surface area (Å²) in [5.74, 6) is 0. The Balaban J connectivity index is 2.45. The van der Waals surface area contributed by atoms with Gasteiger partial charge >= 0.3 is 0 Å². The summed E-state index contributed by atoms with van der Waals surface area (Å²) in [6.07, 6.45) is 0. The summed E-state index contributed by atoms with van der Waals surface area (Å²) >= 11 is 17.7. The van der Waals surface area contributed by atoms with Crippen molar-refractivity contribution in [2.45, 2.75) is 18.7 Å². The lowest BCUT2D eigenvalue weighted by atomic mass is 10.2. The molecule has 0 amide bonds. The molecular formula is C14H12Cl3NO2S. The zero-order valence-corrected chi connectivity index (χ0v) is 14.3. The second-order valence-electron chi connectivity index (χ2n) is 4.63. The summed E-state index contributed by atoms with van der Waals surface area (Å²) in [4.78, 5) is 0.167. The maximum Gasteiger partial charge on any atom is 0.262 e. The fourth-order valence-corrected chi connectivity index (χ4v) is 3.96. The van der Waals surface area contributed by atoms with Gasteiger partial charge < -0.3 is 0 Å². The van der Waals surface area contributed by atoms with Gasteiger partial charge in [-0.3, -0.25) is 4.72 Å². The van der Waals surface area contributed by atoms with E-state index < -0.39 is 10.0 Å². The molecule has 0 saturated carbocycles. The molecule has 0 aliphatic carbocycles. The summed E-state index contributed by atoms with van der Waals surface area (Å²) < 4.78 is 27.4. The molecule has 0 saturated heterocycles. The van der Waals surface area contributed by atoms with Gasteiger partial charge in [0.15, 0.2) is 0 Å². The van der Waals surface area contributed by atoms with Crippen molar-refractivity contribution in [3.63, 3.8) is 0 Å². The fraction of sp³-hybridized carbons (Fsp3) is 0.143. The van der Waals surface area contributed by atoms with Crippen molar-refractivity contribution in [1.82, 2.24) is 0 Å². The zero-order valence-electron chi connectivity index (χ0n) is 11.2. The Labute approximate surface area is 138 Å². The predicted octanol–water partition coefficient (Wildman–Crippen LogP) is 5.06. The van der Waals surface area contributed by atoms with Crippen LogP contribution in [0.4, 0.5) is 5.69 Å². The minimum absolute atomic E-state index is 0.167. The average molecular weight is 365 g/mol. The van der Waals surface area contributed by atoms with Crippen LogP contribution in [0.25, 0.3) is 0 Å². The number of aryl methyl sites for hydroxylation is 2. The molecule has 7 heteroatoms. The van der Waals surface area contributed by atoms with Gasteiger partial charge in [-0.15, -0.1) is 0 Å². The van der Waals surface area contributed by atoms with Crippen LogP contribution in [-0.4, -0.2) is 8.42 Å². The van der Waals surface area contributed by atoms with Crippen LogP contribution in [-0.2, 0) is 10.0 Å². The Hall–Kier alpha value is -0.940. The smallest absolute Gasteiger partial charge is 0.262 e. The zero-order chi connectivity index (χ0) is 15.8. The predicted molar refractivity (Wildman–Crippen MR) is 88.2 cm³/mol. The highest BCUT2D eigenvalue weighted by atomic mass is 35.5. The maximum atomic E-state index is 12.5. The normalized spacial score (nSPS) is 11.5. The summed E-state index contributed by atoms with van der Waals surface area (Å²) in [5, 5.41) is 1.23. The third kappa shape index (κ3) is 3.83. The lowest BCUT2D eigenvalue weighted by molar-refractivity contribution is 0.600. The van der Waals surface area contributed by atoms with Crippen LogP contribution < -0.4 is 4.72 Å². The van der Waals surface area contributed by atoms with Crippen molar-refractivity contribution in [3.8, 4) is 0 Å². The van der Waals surface area contributed by atoms with Crippen LogP contribution in [0, 0.1) is 13.8 Å². The van der Waals surface area contributed by atoms with E-state index in [9.17, 15) is 8.42 Å². The van der Waals surface area contributed by atoms with Crippen LogP contribution in [0.5, 0.6) is 0 Å². The van der Waals surface area contributed by atoms with Gasteiger partial charge in [-0.2, -0.15) is 0 Å². The molecule has 2 aromatic carbocycles. The van der Waals surface area contributed by atoms with Crippen LogP contribution in [0.15, 0.2) is 35.2 Å². The van der Waals surface area contributed by atoms with Crippen molar-refractivity contribution < 1.29 is 8.42 Å². The Morgan fingerprint density at radius 2 is 1.43 bits per heavy atom. The van der Waals surface area contributed by atoms with Gasteiger partial charge in [0.25, 0.3) is 10.0 Å². The summed E-state index contributed by atoms with van der Waals surface area (Å²) in [6, 6.07) is 7.66. The van der Waals surface area contributed by atoms with Crippen molar-refractivity contribution >= 4 is 50.5 Å². The number of sulfonamides is 1. The van der Waals surface area contributed by atoms with E-state index in [4.69, 9.17) is 34.8 Å². The second kappa shape index (κ2) is 6.05. The van der Waals surface area contributed by atoms with E-state index in [2.05, 4.69) is 4.72 Å². The first kappa shape index (κ1) is 16.4. The lowest BCUT2D eigenvalue weighted by Crippen LogP contribution is -2.14. The number of nitrogens with one attached hydrogen (secondary N) is 1. The molecule has 0 radical (unpaired) electrons. The van der Waals surface area contributed by atoms with E-state index in [-0.39, 0.29) is 4.90 Å². The monoisotopic (exact) mass is 363 g/mol. The Kier molecular flexibility index (Phi) is 4.73. The molecule has 0 aliphatic rings. The molecule has 0 bridgehead atoms. The first-order valence-electron chi connectivity index (χ1n) is 5.95. The molecule has 0 heterocycles. The third-order valence-electron chi connectivity index (χ3n) is 2.86. The number of hydrogen-bond acceptors (Lipinski definition) is 2. The molecule has 2 aromatic rings. The van der Waals surface area contributed by atoms with Crippen LogP contribution in [0.1, 0.15) is 11.1 Å². The largest absolute Gasteiger partial charge is 0.280 e. The standard InChI is InChI=1S/C14H12Cl3NO2S/c1-8-4-14(9(2)3-13(8)17)21(19,20)18-12-6-10(15)5-11(16)7-12/h3-7,18H,1-2H3. The van der Waals surface area contributed by atoms with Gasteiger partial charge in [0.05, 0.1) is 10.6 Å². The van der Waals surface area contributed by atoms with Crippen molar-refractivity contribution in [2.75, 3.05) is 4.72 Å². The van der Waals surface area contributed by atoms with Crippen molar-refractivity contribution in [3.05, 3.63) is 56.5 Å². The topological polar surface area (TPSA) is 46.2 Å².